The van der Waals surface area contributed by atoms with Gasteiger partial charge in [-0.15, -0.1) is 0 Å². The van der Waals surface area contributed by atoms with Crippen LogP contribution in [0.4, 0.5) is 5.69 Å². The molecule has 0 atom stereocenters. The highest BCUT2D eigenvalue weighted by atomic mass is 35.5. The van der Waals surface area contributed by atoms with Crippen LogP contribution in [0.3, 0.4) is 0 Å². The van der Waals surface area contributed by atoms with Crippen LogP contribution in [-0.4, -0.2) is 28.6 Å². The van der Waals surface area contributed by atoms with E-state index >= 15 is 0 Å². The van der Waals surface area contributed by atoms with E-state index < -0.39 is 4.92 Å². The monoisotopic (exact) mass is 270 g/mol. The number of nitro benzene ring substituents is 1. The topological polar surface area (TPSA) is 91.6 Å². The Bertz CT molecular complexity index is 486. The summed E-state index contributed by atoms with van der Waals surface area (Å²) in [5, 5.41) is 21.3. The van der Waals surface area contributed by atoms with Crippen molar-refractivity contribution in [2.75, 3.05) is 13.1 Å². The van der Waals surface area contributed by atoms with Crippen molar-refractivity contribution in [1.29, 1.82) is 5.41 Å². The van der Waals surface area contributed by atoms with Crippen LogP contribution in [0.1, 0.15) is 5.56 Å². The lowest BCUT2D eigenvalue weighted by Gasteiger charge is -1.96. The van der Waals surface area contributed by atoms with Crippen LogP contribution in [0.5, 0.6) is 0 Å². The molecule has 0 amide bonds. The van der Waals surface area contributed by atoms with Gasteiger partial charge in [-0.3, -0.25) is 20.4 Å². The van der Waals surface area contributed by atoms with E-state index in [1.807, 2.05) is 0 Å². The Morgan fingerprint density at radius 2 is 2.11 bits per heavy atom. The van der Waals surface area contributed by atoms with Gasteiger partial charge in [0, 0.05) is 18.6 Å². The largest absolute Gasteiger partial charge is 1.00 e. The van der Waals surface area contributed by atoms with Crippen molar-refractivity contribution in [3.8, 4) is 0 Å². The maximum Gasteiger partial charge on any atom is 0.291 e. The molecule has 1 aliphatic heterocycles. The van der Waals surface area contributed by atoms with Crippen LogP contribution in [-0.2, 0) is 11.3 Å². The van der Waals surface area contributed by atoms with Crippen molar-refractivity contribution in [1.82, 2.24) is 0 Å². The second kappa shape index (κ2) is 6.06. The first-order valence-electron chi connectivity index (χ1n) is 5.09. The number of nitrogens with one attached hydrogen (secondary N) is 1. The average Bonchev–Trinajstić information content (AvgIpc) is 2.73. The standard InChI is InChI=1S/C10H11N4O3.ClH/c11-10-7-13(12-17-10)6-5-8-1-3-9(4-2-8)14(15)16;/h1-4,11H,5-7H2;1H/q+1;/p-1. The van der Waals surface area contributed by atoms with E-state index in [1.54, 1.807) is 16.8 Å². The van der Waals surface area contributed by atoms with Crippen molar-refractivity contribution in [3.05, 3.63) is 39.9 Å². The fraction of sp³-hybridized carbons (Fsp3) is 0.300. The fourth-order valence-corrected chi connectivity index (χ4v) is 1.49. The Morgan fingerprint density at radius 1 is 1.44 bits per heavy atom. The third kappa shape index (κ3) is 3.49. The van der Waals surface area contributed by atoms with Crippen molar-refractivity contribution in [3.63, 3.8) is 0 Å². The van der Waals surface area contributed by atoms with Gasteiger partial charge in [-0.25, -0.2) is 0 Å². The summed E-state index contributed by atoms with van der Waals surface area (Å²) in [4.78, 5) is 14.7. The van der Waals surface area contributed by atoms with Gasteiger partial charge in [-0.05, 0) is 5.56 Å². The number of nitro groups is 1. The number of hydrogen-bond acceptors (Lipinski definition) is 5. The molecule has 18 heavy (non-hydrogen) atoms. The zero-order valence-electron chi connectivity index (χ0n) is 9.38. The highest BCUT2D eigenvalue weighted by Crippen LogP contribution is 2.12. The molecular formula is C10H11ClN4O3. The fourth-order valence-electron chi connectivity index (χ4n) is 1.49. The van der Waals surface area contributed by atoms with Crippen LogP contribution in [0, 0.1) is 15.5 Å². The van der Waals surface area contributed by atoms with Crippen LogP contribution in [0.2, 0.25) is 0 Å². The zero-order chi connectivity index (χ0) is 12.3. The molecule has 1 aliphatic rings. The molecular weight excluding hydrogens is 260 g/mol. The van der Waals surface area contributed by atoms with Gasteiger partial charge < -0.3 is 12.4 Å². The molecule has 0 aliphatic carbocycles. The lowest BCUT2D eigenvalue weighted by atomic mass is 10.1. The summed E-state index contributed by atoms with van der Waals surface area (Å²) in [6.45, 7) is 1.01. The van der Waals surface area contributed by atoms with Crippen molar-refractivity contribution in [2.45, 2.75) is 6.42 Å². The second-order valence-electron chi connectivity index (χ2n) is 3.66. The summed E-state index contributed by atoms with van der Waals surface area (Å²) in [6, 6.07) is 6.41. The smallest absolute Gasteiger partial charge is 0.291 e. The predicted octanol–water partition coefficient (Wildman–Crippen LogP) is -1.47. The molecule has 7 nitrogen and oxygen atoms in total. The summed E-state index contributed by atoms with van der Waals surface area (Å²) in [7, 11) is 0. The van der Waals surface area contributed by atoms with Crippen molar-refractivity contribution >= 4 is 11.6 Å². The lowest BCUT2D eigenvalue weighted by molar-refractivity contribution is -0.585. The number of hydrogen-bond donors (Lipinski definition) is 1. The van der Waals surface area contributed by atoms with Crippen molar-refractivity contribution < 1.29 is 26.9 Å². The molecule has 96 valence electrons. The first-order chi connectivity index (χ1) is 8.15. The number of halogens is 1. The maximum absolute atomic E-state index is 10.5. The van der Waals surface area contributed by atoms with Crippen LogP contribution in [0.15, 0.2) is 29.5 Å². The van der Waals surface area contributed by atoms with Crippen molar-refractivity contribution in [2.24, 2.45) is 5.28 Å². The third-order valence-electron chi connectivity index (χ3n) is 2.40. The Labute approximate surface area is 109 Å². The number of benzene rings is 1. The first-order valence-corrected chi connectivity index (χ1v) is 5.09. The van der Waals surface area contributed by atoms with Gasteiger partial charge in [0.2, 0.25) is 6.54 Å². The summed E-state index contributed by atoms with van der Waals surface area (Å²) >= 11 is 0. The van der Waals surface area contributed by atoms with Gasteiger partial charge in [0.25, 0.3) is 11.6 Å². The molecule has 0 fully saturated rings. The molecule has 2 rings (SSSR count). The van der Waals surface area contributed by atoms with E-state index in [4.69, 9.17) is 5.41 Å². The normalized spacial score (nSPS) is 13.6. The van der Waals surface area contributed by atoms with Gasteiger partial charge in [0.15, 0.2) is 11.8 Å². The van der Waals surface area contributed by atoms with E-state index in [0.717, 1.165) is 5.56 Å². The molecule has 1 aromatic carbocycles. The summed E-state index contributed by atoms with van der Waals surface area (Å²) in [5.41, 5.74) is 1.08. The molecule has 1 N–H and O–H groups in total. The van der Waals surface area contributed by atoms with Crippen LogP contribution < -0.4 is 12.4 Å². The molecule has 0 radical (unpaired) electrons. The molecule has 0 unspecified atom stereocenters. The second-order valence-corrected chi connectivity index (χ2v) is 3.66. The molecule has 0 bridgehead atoms. The minimum Gasteiger partial charge on any atom is -1.00 e. The maximum atomic E-state index is 10.5. The van der Waals surface area contributed by atoms with Gasteiger partial charge in [0.1, 0.15) is 0 Å². The van der Waals surface area contributed by atoms with Gasteiger partial charge >= 0.3 is 0 Å². The quantitative estimate of drug-likeness (QED) is 0.411. The number of non-ortho nitro benzene ring substituents is 1. The van der Waals surface area contributed by atoms with E-state index in [2.05, 4.69) is 10.1 Å². The Kier molecular flexibility index (Phi) is 4.73. The molecule has 1 heterocycles. The lowest BCUT2D eigenvalue weighted by Crippen LogP contribution is -3.00. The molecule has 0 saturated heterocycles. The van der Waals surface area contributed by atoms with Crippen LogP contribution >= 0.6 is 0 Å². The molecule has 1 aromatic rings. The van der Waals surface area contributed by atoms with Crippen LogP contribution in [0.25, 0.3) is 0 Å². The van der Waals surface area contributed by atoms with Gasteiger partial charge in [-0.1, -0.05) is 16.8 Å². The Morgan fingerprint density at radius 3 is 2.61 bits per heavy atom. The molecule has 0 spiro atoms. The SMILES string of the molecule is N=C1C[N+](CCc2ccc([N+](=O)[O-])cc2)=NO1.[Cl-]. The van der Waals surface area contributed by atoms with E-state index in [0.29, 0.717) is 19.5 Å². The van der Waals surface area contributed by atoms with Gasteiger partial charge in [0.05, 0.1) is 4.92 Å². The predicted molar refractivity (Wildman–Crippen MR) is 58.0 cm³/mol. The van der Waals surface area contributed by atoms with E-state index in [9.17, 15) is 10.1 Å². The highest BCUT2D eigenvalue weighted by molar-refractivity contribution is 5.73. The summed E-state index contributed by atoms with van der Waals surface area (Å²) in [6.07, 6.45) is 0.706. The zero-order valence-corrected chi connectivity index (χ0v) is 10.1. The molecule has 0 aromatic heterocycles. The first kappa shape index (κ1) is 14.0. The summed E-state index contributed by atoms with van der Waals surface area (Å²) in [5.74, 6) is 0.133. The third-order valence-corrected chi connectivity index (χ3v) is 2.40. The van der Waals surface area contributed by atoms with E-state index in [1.165, 1.54) is 12.1 Å². The summed E-state index contributed by atoms with van der Waals surface area (Å²) < 4.78 is 1.64. The molecule has 8 heteroatoms. The Hall–Kier alpha value is -2.02. The van der Waals surface area contributed by atoms with E-state index in [-0.39, 0.29) is 24.0 Å². The minimum atomic E-state index is -0.422. The molecule has 0 saturated carbocycles. The Balaban J connectivity index is 0.00000162. The highest BCUT2D eigenvalue weighted by Gasteiger charge is 2.20. The number of rotatable bonds is 4. The number of nitrogens with zero attached hydrogens (tertiary/aromatic N) is 3. The minimum absolute atomic E-state index is 0. The average molecular weight is 271 g/mol. The van der Waals surface area contributed by atoms with Gasteiger partial charge in [-0.2, -0.15) is 0 Å².